The first kappa shape index (κ1) is 17.3. The van der Waals surface area contributed by atoms with Crippen LogP contribution in [-0.4, -0.2) is 16.9 Å². The van der Waals surface area contributed by atoms with Crippen molar-refractivity contribution in [3.05, 3.63) is 59.3 Å². The van der Waals surface area contributed by atoms with Crippen molar-refractivity contribution in [3.63, 3.8) is 0 Å². The van der Waals surface area contributed by atoms with Gasteiger partial charge in [0.2, 0.25) is 0 Å². The molecule has 0 saturated heterocycles. The number of pyridine rings is 1. The summed E-state index contributed by atoms with van der Waals surface area (Å²) in [6, 6.07) is 3.00. The van der Waals surface area contributed by atoms with E-state index in [0.29, 0.717) is 12.3 Å². The standard InChI is InChI=1S/C14H8F5N3O2/c15-8-2-1-3-9(16)11(8)12(23)22-13(24)21-10-5-4-7(6-20-10)14(17,18)19/h1-6H,(H2,20,21,22,23,24). The fraction of sp³-hybridized carbons (Fsp3) is 0.0714. The number of nitrogens with one attached hydrogen (secondary N) is 2. The number of imide groups is 1. The van der Waals surface area contributed by atoms with Gasteiger partial charge in [0.15, 0.2) is 0 Å². The van der Waals surface area contributed by atoms with Crippen LogP contribution in [0.5, 0.6) is 0 Å². The first-order valence-corrected chi connectivity index (χ1v) is 6.28. The van der Waals surface area contributed by atoms with E-state index in [2.05, 4.69) is 4.98 Å². The highest BCUT2D eigenvalue weighted by Crippen LogP contribution is 2.28. The fourth-order valence-corrected chi connectivity index (χ4v) is 1.66. The average molecular weight is 345 g/mol. The van der Waals surface area contributed by atoms with Crippen LogP contribution >= 0.6 is 0 Å². The highest BCUT2D eigenvalue weighted by molar-refractivity contribution is 6.07. The number of benzene rings is 1. The van der Waals surface area contributed by atoms with Gasteiger partial charge in [0, 0.05) is 6.20 Å². The molecule has 24 heavy (non-hydrogen) atoms. The number of anilines is 1. The largest absolute Gasteiger partial charge is 0.417 e. The maximum absolute atomic E-state index is 13.4. The second-order valence-corrected chi connectivity index (χ2v) is 4.43. The van der Waals surface area contributed by atoms with Crippen LogP contribution in [0.3, 0.4) is 0 Å². The predicted octanol–water partition coefficient (Wildman–Crippen LogP) is 3.34. The molecule has 0 aliphatic carbocycles. The molecule has 0 aliphatic heterocycles. The van der Waals surface area contributed by atoms with E-state index in [9.17, 15) is 31.5 Å². The van der Waals surface area contributed by atoms with Crippen LogP contribution < -0.4 is 10.6 Å². The maximum Gasteiger partial charge on any atom is 0.417 e. The number of hydrogen-bond acceptors (Lipinski definition) is 3. The number of aromatic nitrogens is 1. The van der Waals surface area contributed by atoms with Gasteiger partial charge in [0.1, 0.15) is 23.0 Å². The molecule has 0 saturated carbocycles. The summed E-state index contributed by atoms with van der Waals surface area (Å²) in [4.78, 5) is 26.6. The van der Waals surface area contributed by atoms with E-state index >= 15 is 0 Å². The number of nitrogens with zero attached hydrogens (tertiary/aromatic N) is 1. The van der Waals surface area contributed by atoms with E-state index in [1.807, 2.05) is 5.32 Å². The summed E-state index contributed by atoms with van der Waals surface area (Å²) in [5.41, 5.74) is -1.99. The number of amides is 3. The fourth-order valence-electron chi connectivity index (χ4n) is 1.66. The number of carbonyl (C=O) groups excluding carboxylic acids is 2. The molecular formula is C14H8F5N3O2. The molecule has 2 N–H and O–H groups in total. The zero-order valence-corrected chi connectivity index (χ0v) is 11.6. The van der Waals surface area contributed by atoms with Gasteiger partial charge in [-0.25, -0.2) is 18.6 Å². The van der Waals surface area contributed by atoms with E-state index < -0.39 is 40.9 Å². The monoisotopic (exact) mass is 345 g/mol. The molecule has 0 radical (unpaired) electrons. The molecule has 2 rings (SSSR count). The van der Waals surface area contributed by atoms with Gasteiger partial charge >= 0.3 is 12.2 Å². The first-order chi connectivity index (χ1) is 11.2. The van der Waals surface area contributed by atoms with Gasteiger partial charge in [-0.2, -0.15) is 13.2 Å². The minimum Gasteiger partial charge on any atom is -0.292 e. The topological polar surface area (TPSA) is 71.1 Å². The highest BCUT2D eigenvalue weighted by atomic mass is 19.4. The van der Waals surface area contributed by atoms with Crippen LogP contribution in [0.4, 0.5) is 32.6 Å². The van der Waals surface area contributed by atoms with Gasteiger partial charge in [-0.1, -0.05) is 6.07 Å². The maximum atomic E-state index is 13.4. The molecule has 2 aromatic rings. The molecule has 1 heterocycles. The second-order valence-electron chi connectivity index (χ2n) is 4.43. The summed E-state index contributed by atoms with van der Waals surface area (Å²) in [6.07, 6.45) is -4.11. The Morgan fingerprint density at radius 3 is 2.12 bits per heavy atom. The lowest BCUT2D eigenvalue weighted by molar-refractivity contribution is -0.137. The zero-order valence-electron chi connectivity index (χ0n) is 11.6. The Morgan fingerprint density at radius 2 is 1.62 bits per heavy atom. The lowest BCUT2D eigenvalue weighted by Crippen LogP contribution is -2.35. The Kier molecular flexibility index (Phi) is 4.77. The Bertz CT molecular complexity index is 755. The first-order valence-electron chi connectivity index (χ1n) is 6.28. The van der Waals surface area contributed by atoms with Gasteiger partial charge in [-0.05, 0) is 24.3 Å². The van der Waals surface area contributed by atoms with Gasteiger partial charge in [0.05, 0.1) is 5.56 Å². The number of alkyl halides is 3. The van der Waals surface area contributed by atoms with Crippen LogP contribution in [-0.2, 0) is 6.18 Å². The highest BCUT2D eigenvalue weighted by Gasteiger charge is 2.30. The molecule has 3 amide bonds. The van der Waals surface area contributed by atoms with E-state index in [1.165, 1.54) is 0 Å². The van der Waals surface area contributed by atoms with Crippen molar-refractivity contribution in [3.8, 4) is 0 Å². The van der Waals surface area contributed by atoms with Gasteiger partial charge < -0.3 is 0 Å². The van der Waals surface area contributed by atoms with Crippen molar-refractivity contribution in [2.45, 2.75) is 6.18 Å². The number of hydrogen-bond donors (Lipinski definition) is 2. The number of halogens is 5. The van der Waals surface area contributed by atoms with Gasteiger partial charge in [-0.3, -0.25) is 15.4 Å². The molecule has 10 heteroatoms. The van der Waals surface area contributed by atoms with Crippen LogP contribution in [0, 0.1) is 11.6 Å². The zero-order chi connectivity index (χ0) is 17.9. The summed E-state index contributed by atoms with van der Waals surface area (Å²) in [6.45, 7) is 0. The Balaban J connectivity index is 2.04. The minimum atomic E-state index is -4.59. The third kappa shape index (κ3) is 4.03. The second kappa shape index (κ2) is 6.60. The van der Waals surface area contributed by atoms with Crippen LogP contribution in [0.15, 0.2) is 36.5 Å². The third-order valence-corrected chi connectivity index (χ3v) is 2.75. The molecule has 0 bridgehead atoms. The quantitative estimate of drug-likeness (QED) is 0.820. The molecule has 1 aromatic carbocycles. The number of urea groups is 1. The molecule has 0 aliphatic rings. The third-order valence-electron chi connectivity index (χ3n) is 2.75. The Labute approximate surface area is 131 Å². The summed E-state index contributed by atoms with van der Waals surface area (Å²) in [7, 11) is 0. The summed E-state index contributed by atoms with van der Waals surface area (Å²) >= 11 is 0. The van der Waals surface area contributed by atoms with Crippen molar-refractivity contribution < 1.29 is 31.5 Å². The smallest absolute Gasteiger partial charge is 0.292 e. The number of carbonyl (C=O) groups is 2. The molecular weight excluding hydrogens is 337 g/mol. The van der Waals surface area contributed by atoms with Crippen molar-refractivity contribution >= 4 is 17.8 Å². The van der Waals surface area contributed by atoms with Gasteiger partial charge in [-0.15, -0.1) is 0 Å². The molecule has 5 nitrogen and oxygen atoms in total. The van der Waals surface area contributed by atoms with Crippen molar-refractivity contribution in [1.82, 2.24) is 10.3 Å². The lowest BCUT2D eigenvalue weighted by atomic mass is 10.2. The molecule has 0 unspecified atom stereocenters. The van der Waals surface area contributed by atoms with E-state index in [1.54, 1.807) is 5.32 Å². The molecule has 1 aromatic heterocycles. The van der Waals surface area contributed by atoms with Crippen LogP contribution in [0.1, 0.15) is 15.9 Å². The van der Waals surface area contributed by atoms with Crippen molar-refractivity contribution in [2.24, 2.45) is 0 Å². The summed E-state index contributed by atoms with van der Waals surface area (Å²) in [5, 5.41) is 3.61. The van der Waals surface area contributed by atoms with Crippen LogP contribution in [0.2, 0.25) is 0 Å². The predicted molar refractivity (Wildman–Crippen MR) is 72.1 cm³/mol. The lowest BCUT2D eigenvalue weighted by Gasteiger charge is -2.09. The minimum absolute atomic E-state index is 0.290. The Morgan fingerprint density at radius 1 is 1.00 bits per heavy atom. The van der Waals surface area contributed by atoms with Crippen molar-refractivity contribution in [1.29, 1.82) is 0 Å². The SMILES string of the molecule is O=C(NC(=O)c1c(F)cccc1F)Nc1ccc(C(F)(F)F)cn1. The number of rotatable bonds is 2. The summed E-state index contributed by atoms with van der Waals surface area (Å²) < 4.78 is 63.9. The molecule has 126 valence electrons. The molecule has 0 fully saturated rings. The average Bonchev–Trinajstić information content (AvgIpc) is 2.46. The Hall–Kier alpha value is -3.04. The van der Waals surface area contributed by atoms with E-state index in [4.69, 9.17) is 0 Å². The van der Waals surface area contributed by atoms with Crippen molar-refractivity contribution in [2.75, 3.05) is 5.32 Å². The van der Waals surface area contributed by atoms with Gasteiger partial charge in [0.25, 0.3) is 5.91 Å². The molecule has 0 spiro atoms. The van der Waals surface area contributed by atoms with Crippen LogP contribution in [0.25, 0.3) is 0 Å². The molecule has 0 atom stereocenters. The van der Waals surface area contributed by atoms with E-state index in [-0.39, 0.29) is 5.82 Å². The normalized spacial score (nSPS) is 11.0. The van der Waals surface area contributed by atoms with E-state index in [0.717, 1.165) is 24.3 Å². The summed E-state index contributed by atoms with van der Waals surface area (Å²) in [5.74, 6) is -3.99.